The number of nitrogens with zero attached hydrogens (tertiary/aromatic N) is 3. The Hall–Kier alpha value is -4.69. The van der Waals surface area contributed by atoms with E-state index in [1.807, 2.05) is 91.0 Å². The van der Waals surface area contributed by atoms with E-state index in [2.05, 4.69) is 5.10 Å². The lowest BCUT2D eigenvalue weighted by Crippen LogP contribution is -2.21. The van der Waals surface area contributed by atoms with Gasteiger partial charge in [-0.1, -0.05) is 103 Å². The number of carbonyl (C=O) groups excluding carboxylic acids is 1. The van der Waals surface area contributed by atoms with Gasteiger partial charge in [0.2, 0.25) is 5.88 Å². The fourth-order valence-electron chi connectivity index (χ4n) is 4.16. The van der Waals surface area contributed by atoms with Gasteiger partial charge in [-0.2, -0.15) is 9.78 Å². The maximum Gasteiger partial charge on any atom is 0.324 e. The van der Waals surface area contributed by atoms with Crippen LogP contribution in [0.2, 0.25) is 0 Å². The zero-order valence-electron chi connectivity index (χ0n) is 20.4. The Morgan fingerprint density at radius 3 is 1.95 bits per heavy atom. The van der Waals surface area contributed by atoms with Crippen LogP contribution in [0.1, 0.15) is 22.7 Å². The van der Waals surface area contributed by atoms with Gasteiger partial charge in [0.15, 0.2) is 0 Å². The molecule has 0 aliphatic carbocycles. The van der Waals surface area contributed by atoms with Crippen LogP contribution in [0.4, 0.5) is 5.69 Å². The molecule has 38 heavy (non-hydrogen) atoms. The van der Waals surface area contributed by atoms with Gasteiger partial charge >= 0.3 is 5.97 Å². The van der Waals surface area contributed by atoms with E-state index in [0.717, 1.165) is 22.9 Å². The summed E-state index contributed by atoms with van der Waals surface area (Å²) in [7, 11) is 0. The number of nitro groups is 1. The van der Waals surface area contributed by atoms with Crippen LogP contribution in [0.3, 0.4) is 0 Å². The van der Waals surface area contributed by atoms with E-state index in [9.17, 15) is 14.9 Å². The molecule has 0 aliphatic rings. The molecule has 1 heterocycles. The molecule has 0 fully saturated rings. The van der Waals surface area contributed by atoms with E-state index in [1.165, 1.54) is 6.07 Å². The molecule has 4 aromatic carbocycles. The van der Waals surface area contributed by atoms with Gasteiger partial charge in [0.05, 0.1) is 26.1 Å². The summed E-state index contributed by atoms with van der Waals surface area (Å²) >= 11 is 1.15. The molecule has 0 saturated heterocycles. The summed E-state index contributed by atoms with van der Waals surface area (Å²) in [5.74, 6) is -0.955. The Kier molecular flexibility index (Phi) is 7.33. The van der Waals surface area contributed by atoms with E-state index < -0.39 is 16.8 Å². The maximum atomic E-state index is 13.9. The molecule has 5 rings (SSSR count). The van der Waals surface area contributed by atoms with E-state index >= 15 is 0 Å². The van der Waals surface area contributed by atoms with Crippen molar-refractivity contribution >= 4 is 23.4 Å². The Balaban J connectivity index is 1.61. The van der Waals surface area contributed by atoms with Crippen LogP contribution in [0.25, 0.3) is 5.69 Å². The quantitative estimate of drug-likeness (QED) is 0.124. The number of aromatic nitrogens is 2. The monoisotopic (exact) mass is 521 g/mol. The third kappa shape index (κ3) is 5.21. The molecule has 0 aliphatic heterocycles. The molecular formula is C30H23N3O4S. The largest absolute Gasteiger partial charge is 0.405 e. The van der Waals surface area contributed by atoms with Gasteiger partial charge in [-0.3, -0.25) is 14.9 Å². The lowest BCUT2D eigenvalue weighted by atomic mass is 9.91. The normalized spacial score (nSPS) is 10.9. The predicted molar refractivity (Wildman–Crippen MR) is 146 cm³/mol. The highest BCUT2D eigenvalue weighted by Gasteiger charge is 2.30. The molecule has 188 valence electrons. The Bertz CT molecular complexity index is 1530. The molecule has 0 bridgehead atoms. The number of benzene rings is 4. The first-order valence-electron chi connectivity index (χ1n) is 11.9. The predicted octanol–water partition coefficient (Wildman–Crippen LogP) is 6.98. The van der Waals surface area contributed by atoms with Crippen LogP contribution in [-0.2, 0) is 4.79 Å². The topological polar surface area (TPSA) is 87.3 Å². The maximum absolute atomic E-state index is 13.9. The molecule has 0 atom stereocenters. The van der Waals surface area contributed by atoms with E-state index in [0.29, 0.717) is 21.2 Å². The number of nitro benzene ring substituents is 1. The summed E-state index contributed by atoms with van der Waals surface area (Å²) in [5, 5.41) is 16.3. The van der Waals surface area contributed by atoms with Crippen molar-refractivity contribution in [3.05, 3.63) is 142 Å². The number of rotatable bonds is 8. The van der Waals surface area contributed by atoms with Crippen LogP contribution < -0.4 is 4.74 Å². The lowest BCUT2D eigenvalue weighted by molar-refractivity contribution is -0.387. The average molecular weight is 522 g/mol. The summed E-state index contributed by atoms with van der Waals surface area (Å²) < 4.78 is 7.73. The van der Waals surface area contributed by atoms with Gasteiger partial charge in [-0.25, -0.2) is 0 Å². The van der Waals surface area contributed by atoms with E-state index in [1.54, 1.807) is 29.8 Å². The van der Waals surface area contributed by atoms with Crippen molar-refractivity contribution in [2.24, 2.45) is 0 Å². The first-order valence-corrected chi connectivity index (χ1v) is 12.7. The number of hydrogen-bond donors (Lipinski definition) is 0. The summed E-state index contributed by atoms with van der Waals surface area (Å²) in [4.78, 5) is 26.1. The lowest BCUT2D eigenvalue weighted by Gasteiger charge is -2.18. The molecule has 1 aromatic heterocycles. The van der Waals surface area contributed by atoms with Crippen LogP contribution in [-0.4, -0.2) is 20.7 Å². The minimum atomic E-state index is -0.680. The van der Waals surface area contributed by atoms with E-state index in [-0.39, 0.29) is 11.6 Å². The second-order valence-corrected chi connectivity index (χ2v) is 9.52. The molecular weight excluding hydrogens is 498 g/mol. The van der Waals surface area contributed by atoms with E-state index in [4.69, 9.17) is 4.74 Å². The highest BCUT2D eigenvalue weighted by Crippen LogP contribution is 2.43. The van der Waals surface area contributed by atoms with Crippen LogP contribution in [0, 0.1) is 17.0 Å². The fraction of sp³-hybridized carbons (Fsp3) is 0.0667. The molecule has 7 nitrogen and oxygen atoms in total. The van der Waals surface area contributed by atoms with Crippen LogP contribution >= 0.6 is 11.8 Å². The summed E-state index contributed by atoms with van der Waals surface area (Å²) in [6.07, 6.45) is 0. The SMILES string of the molecule is Cc1nn(-c2ccccc2)c(OC(=O)C(c2ccccc2)c2ccccc2)c1Sc1ccccc1[N+](=O)[O-]. The first-order chi connectivity index (χ1) is 18.5. The highest BCUT2D eigenvalue weighted by molar-refractivity contribution is 7.99. The third-order valence-electron chi connectivity index (χ3n) is 5.94. The Morgan fingerprint density at radius 2 is 1.37 bits per heavy atom. The van der Waals surface area contributed by atoms with Crippen molar-refractivity contribution in [3.63, 3.8) is 0 Å². The molecule has 0 saturated carbocycles. The summed E-state index contributed by atoms with van der Waals surface area (Å²) in [5.41, 5.74) is 2.82. The smallest absolute Gasteiger partial charge is 0.324 e. The number of para-hydroxylation sites is 2. The van der Waals surface area contributed by atoms with Crippen molar-refractivity contribution in [2.45, 2.75) is 22.6 Å². The molecule has 0 radical (unpaired) electrons. The second-order valence-electron chi connectivity index (χ2n) is 8.47. The minimum absolute atomic E-state index is 0.0342. The number of esters is 1. The molecule has 0 amide bonds. The van der Waals surface area contributed by atoms with Gasteiger partial charge in [-0.05, 0) is 36.2 Å². The van der Waals surface area contributed by atoms with Gasteiger partial charge in [0.25, 0.3) is 5.69 Å². The molecule has 0 N–H and O–H groups in total. The zero-order chi connectivity index (χ0) is 26.5. The van der Waals surface area contributed by atoms with Gasteiger partial charge in [0.1, 0.15) is 5.92 Å². The molecule has 0 unspecified atom stereocenters. The van der Waals surface area contributed by atoms with Crippen LogP contribution in [0.15, 0.2) is 125 Å². The van der Waals surface area contributed by atoms with Gasteiger partial charge in [-0.15, -0.1) is 0 Å². The highest BCUT2D eigenvalue weighted by atomic mass is 32.2. The molecule has 8 heteroatoms. The van der Waals surface area contributed by atoms with Gasteiger partial charge in [0, 0.05) is 6.07 Å². The summed E-state index contributed by atoms with van der Waals surface area (Å²) in [6, 6.07) is 34.7. The Morgan fingerprint density at radius 1 is 0.842 bits per heavy atom. The first kappa shape index (κ1) is 25.0. The van der Waals surface area contributed by atoms with Crippen molar-refractivity contribution in [2.75, 3.05) is 0 Å². The Labute approximate surface area is 223 Å². The number of carbonyl (C=O) groups is 1. The van der Waals surface area contributed by atoms with Crippen molar-refractivity contribution < 1.29 is 14.5 Å². The fourth-order valence-corrected chi connectivity index (χ4v) is 5.17. The third-order valence-corrected chi connectivity index (χ3v) is 7.18. The molecule has 5 aromatic rings. The number of aryl methyl sites for hydroxylation is 1. The minimum Gasteiger partial charge on any atom is -0.405 e. The summed E-state index contributed by atoms with van der Waals surface area (Å²) in [6.45, 7) is 1.79. The van der Waals surface area contributed by atoms with Crippen molar-refractivity contribution in [1.82, 2.24) is 9.78 Å². The zero-order valence-corrected chi connectivity index (χ0v) is 21.2. The average Bonchev–Trinajstić information content (AvgIpc) is 3.25. The standard InChI is InChI=1S/C30H23N3O4S/c1-21-28(38-26-20-12-11-19-25(26)33(35)36)29(32(31-21)24-17-9-4-10-18-24)37-30(34)27(22-13-5-2-6-14-22)23-15-7-3-8-16-23/h2-20,27H,1H3. The number of hydrogen-bond acceptors (Lipinski definition) is 6. The van der Waals surface area contributed by atoms with Crippen LogP contribution in [0.5, 0.6) is 5.88 Å². The van der Waals surface area contributed by atoms with Crippen molar-refractivity contribution in [1.29, 1.82) is 0 Å². The van der Waals surface area contributed by atoms with Crippen molar-refractivity contribution in [3.8, 4) is 11.6 Å². The second kappa shape index (κ2) is 11.1. The molecule has 0 spiro atoms. The van der Waals surface area contributed by atoms with Gasteiger partial charge < -0.3 is 4.74 Å². The number of ether oxygens (including phenoxy) is 1.